The molecule has 0 saturated heterocycles. The van der Waals surface area contributed by atoms with E-state index in [4.69, 9.17) is 14.2 Å². The van der Waals surface area contributed by atoms with Crippen LogP contribution in [0.2, 0.25) is 0 Å². The Morgan fingerprint density at radius 1 is 0.725 bits per heavy atom. The summed E-state index contributed by atoms with van der Waals surface area (Å²) in [7, 11) is 0. The Balaban J connectivity index is 2.65. The van der Waals surface area contributed by atoms with Crippen molar-refractivity contribution in [2.45, 2.75) is 92.7 Å². The average molecular weight is 554 g/mol. The van der Waals surface area contributed by atoms with Crippen molar-refractivity contribution in [3.8, 4) is 0 Å². The van der Waals surface area contributed by atoms with E-state index < -0.39 is 24.1 Å². The summed E-state index contributed by atoms with van der Waals surface area (Å²) in [6.45, 7) is 12.5. The maximum absolute atomic E-state index is 12.8. The van der Waals surface area contributed by atoms with Gasteiger partial charge in [0.1, 0.15) is 25.9 Å². The Kier molecular flexibility index (Phi) is 17.5. The second-order valence-electron chi connectivity index (χ2n) is 10.4. The molecule has 0 heterocycles. The Morgan fingerprint density at radius 3 is 1.82 bits per heavy atom. The highest BCUT2D eigenvalue weighted by Gasteiger charge is 2.24. The van der Waals surface area contributed by atoms with Crippen molar-refractivity contribution < 1.29 is 28.6 Å². The second-order valence-corrected chi connectivity index (χ2v) is 10.4. The smallest absolute Gasteiger partial charge is 0.408 e. The van der Waals surface area contributed by atoms with E-state index in [0.717, 1.165) is 42.4 Å². The highest BCUT2D eigenvalue weighted by atomic mass is 16.6. The van der Waals surface area contributed by atoms with E-state index in [-0.39, 0.29) is 32.7 Å². The molecule has 1 aromatic carbocycles. The molecule has 0 aliphatic carbocycles. The summed E-state index contributed by atoms with van der Waals surface area (Å²) >= 11 is 0. The largest absolute Gasteiger partial charge is 0.461 e. The van der Waals surface area contributed by atoms with Crippen molar-refractivity contribution in [1.29, 1.82) is 0 Å². The summed E-state index contributed by atoms with van der Waals surface area (Å²) in [4.78, 5) is 37.6. The molecule has 1 N–H and O–H groups in total. The lowest BCUT2D eigenvalue weighted by Gasteiger charge is -2.17. The summed E-state index contributed by atoms with van der Waals surface area (Å²) in [6.07, 6.45) is 10.9. The molecule has 1 atom stereocenters. The van der Waals surface area contributed by atoms with Crippen LogP contribution >= 0.6 is 0 Å². The lowest BCUT2D eigenvalue weighted by Crippen LogP contribution is -2.42. The van der Waals surface area contributed by atoms with Crippen LogP contribution in [-0.4, -0.2) is 37.3 Å². The lowest BCUT2D eigenvalue weighted by molar-refractivity contribution is -0.146. The van der Waals surface area contributed by atoms with E-state index in [0.29, 0.717) is 0 Å². The summed E-state index contributed by atoms with van der Waals surface area (Å²) in [5.41, 5.74) is 5.59. The Bertz CT molecular complexity index is 1040. The van der Waals surface area contributed by atoms with Crippen molar-refractivity contribution in [2.75, 3.05) is 13.2 Å². The van der Waals surface area contributed by atoms with Gasteiger partial charge >= 0.3 is 18.0 Å². The number of hydrogen-bond acceptors (Lipinski definition) is 6. The maximum atomic E-state index is 12.8. The Labute approximate surface area is 240 Å². The van der Waals surface area contributed by atoms with Crippen LogP contribution in [0.1, 0.15) is 85.6 Å². The quantitative estimate of drug-likeness (QED) is 0.122. The number of allylic oxidation sites excluding steroid dienone is 6. The first-order valence-corrected chi connectivity index (χ1v) is 13.9. The van der Waals surface area contributed by atoms with Crippen LogP contribution in [0, 0.1) is 0 Å². The van der Waals surface area contributed by atoms with E-state index in [2.05, 4.69) is 45.2 Å². The number of hydrogen-bond donors (Lipinski definition) is 1. The van der Waals surface area contributed by atoms with Crippen molar-refractivity contribution in [2.24, 2.45) is 0 Å². The fourth-order valence-electron chi connectivity index (χ4n) is 3.52. The van der Waals surface area contributed by atoms with Gasteiger partial charge < -0.3 is 19.5 Å². The molecule has 0 spiro atoms. The molecule has 40 heavy (non-hydrogen) atoms. The Hall–Kier alpha value is -3.61. The van der Waals surface area contributed by atoms with Crippen molar-refractivity contribution in [3.05, 3.63) is 82.5 Å². The van der Waals surface area contributed by atoms with Gasteiger partial charge in [0, 0.05) is 6.42 Å². The molecule has 1 aromatic rings. The number of alkyl carbamates (subject to hydrolysis) is 1. The first-order valence-electron chi connectivity index (χ1n) is 13.9. The number of carbonyl (C=O) groups excluding carboxylic acids is 3. The molecular weight excluding hydrogens is 506 g/mol. The SMILES string of the molecule is CC(C)=CCC/C(C)=C/COC(=O)CC[C@H](NC(=O)OCc1ccccc1)C(=O)OC/C=C(\C)CCC=C(C)C. The molecule has 0 radical (unpaired) electrons. The van der Waals surface area contributed by atoms with Gasteiger partial charge in [-0.15, -0.1) is 0 Å². The van der Waals surface area contributed by atoms with Gasteiger partial charge in [-0.1, -0.05) is 64.8 Å². The second kappa shape index (κ2) is 20.3. The van der Waals surface area contributed by atoms with Gasteiger partial charge in [-0.3, -0.25) is 4.79 Å². The van der Waals surface area contributed by atoms with Gasteiger partial charge in [-0.05, 0) is 91.4 Å². The van der Waals surface area contributed by atoms with Gasteiger partial charge in [0.15, 0.2) is 0 Å². The van der Waals surface area contributed by atoms with E-state index in [1.54, 1.807) is 0 Å². The van der Waals surface area contributed by atoms with E-state index in [1.807, 2.05) is 56.3 Å². The van der Waals surface area contributed by atoms with Crippen molar-refractivity contribution in [3.63, 3.8) is 0 Å². The molecule has 0 aliphatic rings. The average Bonchev–Trinajstić information content (AvgIpc) is 2.90. The van der Waals surface area contributed by atoms with Gasteiger partial charge in [-0.25, -0.2) is 9.59 Å². The monoisotopic (exact) mass is 553 g/mol. The zero-order valence-corrected chi connectivity index (χ0v) is 25.1. The van der Waals surface area contributed by atoms with Crippen LogP contribution in [0.3, 0.4) is 0 Å². The number of carbonyl (C=O) groups is 3. The van der Waals surface area contributed by atoms with Gasteiger partial charge in [0.25, 0.3) is 0 Å². The summed E-state index contributed by atoms with van der Waals surface area (Å²) in [5.74, 6) is -1.09. The fourth-order valence-corrected chi connectivity index (χ4v) is 3.52. The molecule has 0 aromatic heterocycles. The number of rotatable bonds is 17. The molecule has 0 fully saturated rings. The van der Waals surface area contributed by atoms with E-state index in [1.165, 1.54) is 11.1 Å². The summed E-state index contributed by atoms with van der Waals surface area (Å²) in [5, 5.41) is 2.54. The minimum Gasteiger partial charge on any atom is -0.461 e. The van der Waals surface area contributed by atoms with E-state index >= 15 is 0 Å². The van der Waals surface area contributed by atoms with Crippen molar-refractivity contribution in [1.82, 2.24) is 5.32 Å². The molecule has 1 amide bonds. The maximum Gasteiger partial charge on any atom is 0.408 e. The van der Waals surface area contributed by atoms with Gasteiger partial charge in [-0.2, -0.15) is 0 Å². The molecule has 0 aliphatic heterocycles. The van der Waals surface area contributed by atoms with Gasteiger partial charge in [0.05, 0.1) is 0 Å². The van der Waals surface area contributed by atoms with Crippen LogP contribution in [0.15, 0.2) is 76.9 Å². The number of benzene rings is 1. The minimum atomic E-state index is -1.04. The standard InChI is InChI=1S/C33H47NO6/c1-25(2)12-10-14-27(5)20-22-38-31(35)19-18-30(34-33(37)40-24-29-16-8-7-9-17-29)32(36)39-23-21-28(6)15-11-13-26(3)4/h7-9,12-13,16-17,20-21,30H,10-11,14-15,18-19,22-24H2,1-6H3,(H,34,37)/b27-20+,28-21+/t30-/m0/s1. The molecule has 7 heteroatoms. The molecule has 7 nitrogen and oxygen atoms in total. The first-order chi connectivity index (χ1) is 19.1. The molecular formula is C33H47NO6. The molecule has 220 valence electrons. The number of ether oxygens (including phenoxy) is 3. The van der Waals surface area contributed by atoms with Crippen LogP contribution in [0.25, 0.3) is 0 Å². The normalized spacial score (nSPS) is 12.2. The Morgan fingerprint density at radius 2 is 1.27 bits per heavy atom. The first kappa shape index (κ1) is 34.4. The number of esters is 2. The van der Waals surface area contributed by atoms with Crippen molar-refractivity contribution >= 4 is 18.0 Å². The predicted octanol–water partition coefficient (Wildman–Crippen LogP) is 7.53. The topological polar surface area (TPSA) is 90.9 Å². The third-order valence-electron chi connectivity index (χ3n) is 5.94. The number of amides is 1. The summed E-state index contributed by atoms with van der Waals surface area (Å²) in [6, 6.07) is 8.18. The van der Waals surface area contributed by atoms with Crippen LogP contribution in [-0.2, 0) is 30.4 Å². The molecule has 0 bridgehead atoms. The third kappa shape index (κ3) is 17.8. The highest BCUT2D eigenvalue weighted by molar-refractivity contribution is 5.82. The van der Waals surface area contributed by atoms with Crippen LogP contribution in [0.5, 0.6) is 0 Å². The zero-order valence-electron chi connectivity index (χ0n) is 25.1. The van der Waals surface area contributed by atoms with Crippen LogP contribution in [0.4, 0.5) is 4.79 Å². The molecule has 0 saturated carbocycles. The summed E-state index contributed by atoms with van der Waals surface area (Å²) < 4.78 is 16.0. The highest BCUT2D eigenvalue weighted by Crippen LogP contribution is 2.10. The third-order valence-corrected chi connectivity index (χ3v) is 5.94. The minimum absolute atomic E-state index is 0.0324. The van der Waals surface area contributed by atoms with E-state index in [9.17, 15) is 14.4 Å². The lowest BCUT2D eigenvalue weighted by atomic mass is 10.1. The van der Waals surface area contributed by atoms with Gasteiger partial charge in [0.2, 0.25) is 0 Å². The molecule has 1 rings (SSSR count). The fraction of sp³-hybridized carbons (Fsp3) is 0.485. The molecule has 0 unspecified atom stereocenters. The van der Waals surface area contributed by atoms with Crippen LogP contribution < -0.4 is 5.32 Å². The zero-order chi connectivity index (χ0) is 29.8. The predicted molar refractivity (Wildman–Crippen MR) is 160 cm³/mol. The number of nitrogens with one attached hydrogen (secondary N) is 1.